The van der Waals surface area contributed by atoms with Gasteiger partial charge >= 0.3 is 0 Å². The average molecular weight is 451 g/mol. The van der Waals surface area contributed by atoms with Crippen LogP contribution in [0.15, 0.2) is 36.4 Å². The van der Waals surface area contributed by atoms with E-state index in [1.165, 1.54) is 5.69 Å². The van der Waals surface area contributed by atoms with Gasteiger partial charge in [-0.3, -0.25) is 0 Å². The fourth-order valence-electron chi connectivity index (χ4n) is 4.35. The van der Waals surface area contributed by atoms with Gasteiger partial charge in [-0.05, 0) is 71.1 Å². The number of rotatable bonds is 5. The zero-order chi connectivity index (χ0) is 22.3. The second-order valence-corrected chi connectivity index (χ2v) is 9.11. The molecule has 32 heavy (non-hydrogen) atoms. The topological polar surface area (TPSA) is 68.1 Å². The van der Waals surface area contributed by atoms with Gasteiger partial charge in [-0.1, -0.05) is 18.2 Å². The maximum absolute atomic E-state index is 9.37. The molecule has 0 amide bonds. The molecule has 0 radical (unpaired) electrons. The van der Waals surface area contributed by atoms with Crippen LogP contribution in [-0.2, 0) is 0 Å². The van der Waals surface area contributed by atoms with Crippen molar-refractivity contribution in [2.45, 2.75) is 39.3 Å². The molecular formula is C25H31ClN6. The predicted octanol–water partition coefficient (Wildman–Crippen LogP) is 4.85. The summed E-state index contributed by atoms with van der Waals surface area (Å²) >= 11 is 0. The predicted molar refractivity (Wildman–Crippen MR) is 134 cm³/mol. The van der Waals surface area contributed by atoms with Gasteiger partial charge in [-0.2, -0.15) is 10.4 Å². The van der Waals surface area contributed by atoms with Crippen LogP contribution in [0.25, 0.3) is 10.8 Å². The molecule has 1 aliphatic rings. The van der Waals surface area contributed by atoms with E-state index >= 15 is 0 Å². The molecule has 1 atom stereocenters. The summed E-state index contributed by atoms with van der Waals surface area (Å²) in [6.07, 6.45) is 0. The Morgan fingerprint density at radius 2 is 1.84 bits per heavy atom. The summed E-state index contributed by atoms with van der Waals surface area (Å²) in [5, 5.41) is 24.0. The van der Waals surface area contributed by atoms with E-state index in [4.69, 9.17) is 0 Å². The van der Waals surface area contributed by atoms with Gasteiger partial charge in [0.1, 0.15) is 0 Å². The number of nitrogens with zero attached hydrogens (tertiary/aromatic N) is 5. The Bertz CT molecular complexity index is 1180. The number of hydrogen-bond acceptors (Lipinski definition) is 6. The Labute approximate surface area is 196 Å². The van der Waals surface area contributed by atoms with Crippen LogP contribution in [0.5, 0.6) is 0 Å². The molecule has 3 aromatic rings. The smallest absolute Gasteiger partial charge is 0.157 e. The van der Waals surface area contributed by atoms with Crippen LogP contribution in [-0.4, -0.2) is 47.8 Å². The van der Waals surface area contributed by atoms with E-state index in [0.717, 1.165) is 46.5 Å². The Balaban J connectivity index is 0.00000289. The molecule has 2 aromatic carbocycles. The van der Waals surface area contributed by atoms with E-state index in [-0.39, 0.29) is 24.0 Å². The number of nitriles is 1. The highest BCUT2D eigenvalue weighted by Gasteiger charge is 2.40. The molecule has 1 aliphatic heterocycles. The monoisotopic (exact) mass is 450 g/mol. The van der Waals surface area contributed by atoms with Crippen LogP contribution >= 0.6 is 12.4 Å². The molecule has 0 aliphatic carbocycles. The maximum atomic E-state index is 9.37. The van der Waals surface area contributed by atoms with Crippen molar-refractivity contribution in [1.82, 2.24) is 15.1 Å². The first kappa shape index (κ1) is 23.8. The lowest BCUT2D eigenvalue weighted by Crippen LogP contribution is -2.67. The van der Waals surface area contributed by atoms with Crippen LogP contribution in [0, 0.1) is 25.2 Å². The second kappa shape index (κ2) is 8.93. The number of aromatic nitrogens is 2. The fraction of sp³-hybridized carbons (Fsp3) is 0.400. The number of hydrogen-bond donors (Lipinski definition) is 1. The molecule has 1 aromatic heterocycles. The summed E-state index contributed by atoms with van der Waals surface area (Å²) in [5.41, 5.74) is 5.13. The third kappa shape index (κ3) is 4.11. The normalized spacial score (nSPS) is 15.6. The lowest BCUT2D eigenvalue weighted by molar-refractivity contribution is 0.133. The first-order valence-electron chi connectivity index (χ1n) is 10.7. The number of nitrogens with one attached hydrogen (secondary N) is 1. The van der Waals surface area contributed by atoms with E-state index in [9.17, 15) is 5.26 Å². The molecule has 0 spiro atoms. The summed E-state index contributed by atoms with van der Waals surface area (Å²) in [6, 6.07) is 14.7. The Hall–Kier alpha value is -2.88. The molecule has 168 valence electrons. The molecular weight excluding hydrogens is 420 g/mol. The molecule has 6 nitrogen and oxygen atoms in total. The van der Waals surface area contributed by atoms with Gasteiger partial charge in [0.05, 0.1) is 28.9 Å². The second-order valence-electron chi connectivity index (χ2n) is 9.11. The summed E-state index contributed by atoms with van der Waals surface area (Å²) in [7, 11) is 4.28. The minimum absolute atomic E-state index is 0. The molecule has 1 N–H and O–H groups in total. The van der Waals surface area contributed by atoms with Crippen molar-refractivity contribution in [2.75, 3.05) is 37.4 Å². The number of benzene rings is 2. The van der Waals surface area contributed by atoms with Crippen molar-refractivity contribution in [3.05, 3.63) is 58.8 Å². The van der Waals surface area contributed by atoms with Gasteiger partial charge in [-0.25, -0.2) is 0 Å². The molecule has 1 saturated heterocycles. The van der Waals surface area contributed by atoms with E-state index < -0.39 is 0 Å². The van der Waals surface area contributed by atoms with Crippen LogP contribution in [0.4, 0.5) is 11.5 Å². The van der Waals surface area contributed by atoms with E-state index in [1.54, 1.807) is 0 Å². The average Bonchev–Trinajstić information content (AvgIpc) is 2.73. The standard InChI is InChI=1S/C25H30N6.ClH/c1-16-19(13-26)8-7-9-21(16)17(2)27-24-23-12-20(10-11-22(23)18(3)28-29-24)31-14-25(4,15-31)30(5)6;/h7-12,17H,14-15H2,1-6H3,(H,27,29);1H/t17-;/m1./s1. The fourth-order valence-corrected chi connectivity index (χ4v) is 4.35. The number of anilines is 2. The van der Waals surface area contributed by atoms with E-state index in [1.807, 2.05) is 26.0 Å². The molecule has 0 bridgehead atoms. The Morgan fingerprint density at radius 1 is 1.12 bits per heavy atom. The first-order valence-corrected chi connectivity index (χ1v) is 10.7. The summed E-state index contributed by atoms with van der Waals surface area (Å²) < 4.78 is 0. The maximum Gasteiger partial charge on any atom is 0.157 e. The van der Waals surface area contributed by atoms with Gasteiger partial charge < -0.3 is 15.1 Å². The summed E-state index contributed by atoms with van der Waals surface area (Å²) in [5.74, 6) is 0.771. The minimum atomic E-state index is -0.00166. The highest BCUT2D eigenvalue weighted by atomic mass is 35.5. The molecule has 7 heteroatoms. The summed E-state index contributed by atoms with van der Waals surface area (Å²) in [4.78, 5) is 4.70. The minimum Gasteiger partial charge on any atom is -0.368 e. The van der Waals surface area contributed by atoms with Crippen LogP contribution in [0.2, 0.25) is 0 Å². The quantitative estimate of drug-likeness (QED) is 0.599. The number of fused-ring (bicyclic) bond motifs is 1. The van der Waals surface area contributed by atoms with Gasteiger partial charge in [-0.15, -0.1) is 17.5 Å². The third-order valence-corrected chi connectivity index (χ3v) is 6.77. The lowest BCUT2D eigenvalue weighted by atomic mass is 9.90. The Morgan fingerprint density at radius 3 is 2.50 bits per heavy atom. The third-order valence-electron chi connectivity index (χ3n) is 6.77. The zero-order valence-corrected chi connectivity index (χ0v) is 20.4. The van der Waals surface area contributed by atoms with Crippen molar-refractivity contribution >= 4 is 34.7 Å². The largest absolute Gasteiger partial charge is 0.368 e. The SMILES string of the molecule is Cc1c(C#N)cccc1[C@@H](C)Nc1nnc(C)c2ccc(N3CC(C)(N(C)C)C3)cc12.Cl. The number of halogens is 1. The van der Waals surface area contributed by atoms with Gasteiger partial charge in [0.25, 0.3) is 0 Å². The van der Waals surface area contributed by atoms with Crippen molar-refractivity contribution in [1.29, 1.82) is 5.26 Å². The van der Waals surface area contributed by atoms with Gasteiger partial charge in [0, 0.05) is 29.5 Å². The summed E-state index contributed by atoms with van der Waals surface area (Å²) in [6.45, 7) is 10.4. The van der Waals surface area contributed by atoms with Crippen molar-refractivity contribution in [2.24, 2.45) is 0 Å². The van der Waals surface area contributed by atoms with Crippen molar-refractivity contribution < 1.29 is 0 Å². The van der Waals surface area contributed by atoms with Crippen molar-refractivity contribution in [3.8, 4) is 6.07 Å². The molecule has 0 unspecified atom stereocenters. The van der Waals surface area contributed by atoms with Gasteiger partial charge in [0.2, 0.25) is 0 Å². The molecule has 4 rings (SSSR count). The van der Waals surface area contributed by atoms with Crippen molar-refractivity contribution in [3.63, 3.8) is 0 Å². The molecule has 2 heterocycles. The van der Waals surface area contributed by atoms with Crippen LogP contribution in [0.1, 0.15) is 42.3 Å². The number of aryl methyl sites for hydroxylation is 1. The van der Waals surface area contributed by atoms with E-state index in [2.05, 4.69) is 83.6 Å². The van der Waals surface area contributed by atoms with Gasteiger partial charge in [0.15, 0.2) is 5.82 Å². The van der Waals surface area contributed by atoms with Crippen LogP contribution in [0.3, 0.4) is 0 Å². The molecule has 0 saturated carbocycles. The first-order chi connectivity index (χ1) is 14.7. The molecule has 1 fully saturated rings. The van der Waals surface area contributed by atoms with E-state index in [0.29, 0.717) is 5.56 Å². The Kier molecular flexibility index (Phi) is 6.64. The lowest BCUT2D eigenvalue weighted by Gasteiger charge is -2.53. The highest BCUT2D eigenvalue weighted by molar-refractivity contribution is 5.95. The number of likely N-dealkylation sites (N-methyl/N-ethyl adjacent to an activating group) is 1. The zero-order valence-electron chi connectivity index (χ0n) is 19.6. The highest BCUT2D eigenvalue weighted by Crippen LogP contribution is 2.35. The van der Waals surface area contributed by atoms with Crippen LogP contribution < -0.4 is 10.2 Å².